The molecule has 2 rings (SSSR count). The molecule has 0 spiro atoms. The third-order valence-electron chi connectivity index (χ3n) is 2.79. The lowest BCUT2D eigenvalue weighted by atomic mass is 10.1. The summed E-state index contributed by atoms with van der Waals surface area (Å²) < 4.78 is 11.1. The molecule has 2 atom stereocenters. The Morgan fingerprint density at radius 1 is 1.35 bits per heavy atom. The van der Waals surface area contributed by atoms with E-state index in [9.17, 15) is 0 Å². The van der Waals surface area contributed by atoms with Gasteiger partial charge in [-0.1, -0.05) is 30.3 Å². The molecule has 1 aliphatic heterocycles. The number of nitrogens with zero attached hydrogens (tertiary/aromatic N) is 1. The minimum atomic E-state index is -0.479. The minimum Gasteiger partial charge on any atom is -0.347 e. The Kier molecular flexibility index (Phi) is 3.60. The zero-order chi connectivity index (χ0) is 12.3. The second-order valence-electron chi connectivity index (χ2n) is 4.75. The SMILES string of the molecule is C[C@@H](N=C[C@H]1COC(C)(C)O1)c1ccccc1. The molecule has 3 heteroatoms. The van der Waals surface area contributed by atoms with Crippen LogP contribution in [0, 0.1) is 0 Å². The molecule has 1 aromatic carbocycles. The fourth-order valence-electron chi connectivity index (χ4n) is 1.83. The highest BCUT2D eigenvalue weighted by atomic mass is 16.7. The number of hydrogen-bond donors (Lipinski definition) is 0. The van der Waals surface area contributed by atoms with E-state index in [2.05, 4.69) is 24.0 Å². The molecule has 1 aromatic rings. The summed E-state index contributed by atoms with van der Waals surface area (Å²) in [5.41, 5.74) is 1.21. The van der Waals surface area contributed by atoms with Gasteiger partial charge in [0.2, 0.25) is 0 Å². The predicted octanol–water partition coefficient (Wildman–Crippen LogP) is 2.97. The Morgan fingerprint density at radius 3 is 2.65 bits per heavy atom. The maximum Gasteiger partial charge on any atom is 0.163 e. The molecular weight excluding hydrogens is 214 g/mol. The van der Waals surface area contributed by atoms with Crippen LogP contribution in [0.1, 0.15) is 32.4 Å². The molecule has 0 N–H and O–H groups in total. The quantitative estimate of drug-likeness (QED) is 0.751. The maximum absolute atomic E-state index is 5.66. The van der Waals surface area contributed by atoms with Crippen LogP contribution < -0.4 is 0 Å². The number of hydrogen-bond acceptors (Lipinski definition) is 3. The fourth-order valence-corrected chi connectivity index (χ4v) is 1.83. The van der Waals surface area contributed by atoms with Crippen LogP contribution in [-0.4, -0.2) is 24.7 Å². The summed E-state index contributed by atoms with van der Waals surface area (Å²) >= 11 is 0. The van der Waals surface area contributed by atoms with Gasteiger partial charge in [0.25, 0.3) is 0 Å². The van der Waals surface area contributed by atoms with Crippen molar-refractivity contribution in [1.29, 1.82) is 0 Å². The van der Waals surface area contributed by atoms with Gasteiger partial charge in [-0.05, 0) is 26.3 Å². The highest BCUT2D eigenvalue weighted by Crippen LogP contribution is 2.22. The Labute approximate surface area is 102 Å². The molecule has 0 unspecified atom stereocenters. The van der Waals surface area contributed by atoms with E-state index >= 15 is 0 Å². The highest BCUT2D eigenvalue weighted by Gasteiger charge is 2.31. The van der Waals surface area contributed by atoms with Crippen LogP contribution in [0.2, 0.25) is 0 Å². The summed E-state index contributed by atoms with van der Waals surface area (Å²) in [6, 6.07) is 10.4. The zero-order valence-corrected chi connectivity index (χ0v) is 10.6. The Hall–Kier alpha value is -1.19. The van der Waals surface area contributed by atoms with Gasteiger partial charge in [0.15, 0.2) is 5.79 Å². The number of ether oxygens (including phenoxy) is 2. The summed E-state index contributed by atoms with van der Waals surface area (Å²) in [6.07, 6.45) is 1.82. The minimum absolute atomic E-state index is 0.0313. The van der Waals surface area contributed by atoms with Gasteiger partial charge in [0.1, 0.15) is 6.10 Å². The van der Waals surface area contributed by atoms with E-state index in [4.69, 9.17) is 9.47 Å². The second kappa shape index (κ2) is 4.98. The molecule has 3 nitrogen and oxygen atoms in total. The first-order chi connectivity index (χ1) is 8.07. The van der Waals surface area contributed by atoms with Crippen molar-refractivity contribution in [2.45, 2.75) is 38.7 Å². The first kappa shape index (κ1) is 12.3. The number of rotatable bonds is 3. The molecule has 0 aliphatic carbocycles. The van der Waals surface area contributed by atoms with Gasteiger partial charge in [0.05, 0.1) is 12.6 Å². The first-order valence-electron chi connectivity index (χ1n) is 5.97. The fraction of sp³-hybridized carbons (Fsp3) is 0.500. The average Bonchev–Trinajstić information content (AvgIpc) is 2.67. The first-order valence-corrected chi connectivity index (χ1v) is 5.97. The van der Waals surface area contributed by atoms with Crippen molar-refractivity contribution >= 4 is 6.21 Å². The van der Waals surface area contributed by atoms with Crippen LogP contribution >= 0.6 is 0 Å². The molecule has 0 radical (unpaired) electrons. The van der Waals surface area contributed by atoms with Crippen LogP contribution in [0.5, 0.6) is 0 Å². The third-order valence-corrected chi connectivity index (χ3v) is 2.79. The van der Waals surface area contributed by atoms with Gasteiger partial charge in [0, 0.05) is 6.21 Å². The Bertz CT molecular complexity index is 386. The summed E-state index contributed by atoms with van der Waals surface area (Å²) in [5.74, 6) is -0.479. The summed E-state index contributed by atoms with van der Waals surface area (Å²) in [5, 5.41) is 0. The average molecular weight is 233 g/mol. The van der Waals surface area contributed by atoms with Gasteiger partial charge in [-0.3, -0.25) is 4.99 Å². The molecule has 1 heterocycles. The van der Waals surface area contributed by atoms with Gasteiger partial charge >= 0.3 is 0 Å². The van der Waals surface area contributed by atoms with E-state index in [1.54, 1.807) is 0 Å². The van der Waals surface area contributed by atoms with E-state index in [-0.39, 0.29) is 12.1 Å². The summed E-state index contributed by atoms with van der Waals surface area (Å²) in [4.78, 5) is 4.51. The molecule has 0 amide bonds. The molecule has 1 fully saturated rings. The van der Waals surface area contributed by atoms with Crippen LogP contribution in [0.4, 0.5) is 0 Å². The monoisotopic (exact) mass is 233 g/mol. The van der Waals surface area contributed by atoms with E-state index in [1.807, 2.05) is 38.3 Å². The van der Waals surface area contributed by atoms with Crippen molar-refractivity contribution < 1.29 is 9.47 Å². The lowest BCUT2D eigenvalue weighted by Crippen LogP contribution is -2.22. The molecule has 1 saturated heterocycles. The van der Waals surface area contributed by atoms with Crippen LogP contribution in [0.3, 0.4) is 0 Å². The number of aliphatic imine (C=N–C) groups is 1. The van der Waals surface area contributed by atoms with Crippen molar-refractivity contribution in [3.8, 4) is 0 Å². The summed E-state index contributed by atoms with van der Waals surface area (Å²) in [7, 11) is 0. The van der Waals surface area contributed by atoms with Crippen LogP contribution in [0.15, 0.2) is 35.3 Å². The standard InChI is InChI=1S/C14H19NO2/c1-11(12-7-5-4-6-8-12)15-9-13-10-16-14(2,3)17-13/h4-9,11,13H,10H2,1-3H3/t11-,13+/m1/s1. The molecule has 0 saturated carbocycles. The highest BCUT2D eigenvalue weighted by molar-refractivity contribution is 5.64. The van der Waals surface area contributed by atoms with Crippen molar-refractivity contribution in [2.75, 3.05) is 6.61 Å². The molecular formula is C14H19NO2. The number of benzene rings is 1. The molecule has 92 valence electrons. The van der Waals surface area contributed by atoms with Gasteiger partial charge in [-0.25, -0.2) is 0 Å². The topological polar surface area (TPSA) is 30.8 Å². The lowest BCUT2D eigenvalue weighted by molar-refractivity contribution is -0.130. The van der Waals surface area contributed by atoms with E-state index in [0.717, 1.165) is 0 Å². The van der Waals surface area contributed by atoms with Crippen molar-refractivity contribution in [3.05, 3.63) is 35.9 Å². The van der Waals surface area contributed by atoms with E-state index in [0.29, 0.717) is 6.61 Å². The molecule has 0 aromatic heterocycles. The van der Waals surface area contributed by atoms with Crippen LogP contribution in [0.25, 0.3) is 0 Å². The lowest BCUT2D eigenvalue weighted by Gasteiger charge is -2.15. The third kappa shape index (κ3) is 3.38. The van der Waals surface area contributed by atoms with Gasteiger partial charge in [-0.2, -0.15) is 0 Å². The zero-order valence-electron chi connectivity index (χ0n) is 10.6. The second-order valence-corrected chi connectivity index (χ2v) is 4.75. The van der Waals surface area contributed by atoms with Crippen molar-refractivity contribution in [1.82, 2.24) is 0 Å². The van der Waals surface area contributed by atoms with E-state index in [1.165, 1.54) is 5.56 Å². The smallest absolute Gasteiger partial charge is 0.163 e. The molecule has 1 aliphatic rings. The van der Waals surface area contributed by atoms with Gasteiger partial charge < -0.3 is 9.47 Å². The normalized spacial score (nSPS) is 25.2. The maximum atomic E-state index is 5.66. The Morgan fingerprint density at radius 2 is 2.06 bits per heavy atom. The largest absolute Gasteiger partial charge is 0.347 e. The molecule has 17 heavy (non-hydrogen) atoms. The molecule has 0 bridgehead atoms. The van der Waals surface area contributed by atoms with Crippen molar-refractivity contribution in [2.24, 2.45) is 4.99 Å². The predicted molar refractivity (Wildman–Crippen MR) is 68.3 cm³/mol. The van der Waals surface area contributed by atoms with Gasteiger partial charge in [-0.15, -0.1) is 0 Å². The Balaban J connectivity index is 1.93. The van der Waals surface area contributed by atoms with E-state index < -0.39 is 5.79 Å². The van der Waals surface area contributed by atoms with Crippen LogP contribution in [-0.2, 0) is 9.47 Å². The van der Waals surface area contributed by atoms with Crippen molar-refractivity contribution in [3.63, 3.8) is 0 Å². The summed E-state index contributed by atoms with van der Waals surface area (Å²) in [6.45, 7) is 6.49.